The van der Waals surface area contributed by atoms with E-state index >= 15 is 0 Å². The van der Waals surface area contributed by atoms with Crippen LogP contribution in [0.2, 0.25) is 0 Å². The highest BCUT2D eigenvalue weighted by molar-refractivity contribution is 7.90. The lowest BCUT2D eigenvalue weighted by atomic mass is 10.1. The summed E-state index contributed by atoms with van der Waals surface area (Å²) >= 11 is 0. The second-order valence-electron chi connectivity index (χ2n) is 3.34. The first-order valence-corrected chi connectivity index (χ1v) is 6.44. The van der Waals surface area contributed by atoms with E-state index in [-0.39, 0.29) is 5.75 Å². The molecule has 0 fully saturated rings. The first kappa shape index (κ1) is 11.7. The van der Waals surface area contributed by atoms with Gasteiger partial charge >= 0.3 is 5.97 Å². The molecule has 1 rings (SSSR count). The fourth-order valence-corrected chi connectivity index (χ4v) is 2.00. The predicted molar refractivity (Wildman–Crippen MR) is 58.3 cm³/mol. The number of rotatable bonds is 3. The zero-order valence-electron chi connectivity index (χ0n) is 8.65. The third-order valence-corrected chi connectivity index (χ3v) is 2.70. The van der Waals surface area contributed by atoms with Crippen LogP contribution in [0.25, 0.3) is 0 Å². The molecule has 0 spiro atoms. The highest BCUT2D eigenvalue weighted by Gasteiger charge is 2.05. The predicted octanol–water partition coefficient (Wildman–Crippen LogP) is 1.65. The summed E-state index contributed by atoms with van der Waals surface area (Å²) in [6, 6.07) is 6.58. The van der Waals surface area contributed by atoms with E-state index in [9.17, 15) is 9.00 Å². The van der Waals surface area contributed by atoms with Crippen LogP contribution in [-0.2, 0) is 20.2 Å². The Bertz CT molecular complexity index is 448. The van der Waals surface area contributed by atoms with Gasteiger partial charge in [0.2, 0.25) is 0 Å². The lowest BCUT2D eigenvalue weighted by molar-refractivity contribution is 0.0600. The maximum atomic E-state index is 11.2. The van der Waals surface area contributed by atoms with Gasteiger partial charge in [-0.3, -0.25) is 4.78 Å². The third-order valence-electron chi connectivity index (χ3n) is 1.82. The quantitative estimate of drug-likeness (QED) is 0.798. The van der Waals surface area contributed by atoms with Crippen molar-refractivity contribution in [2.75, 3.05) is 13.4 Å². The summed E-state index contributed by atoms with van der Waals surface area (Å²) in [6.45, 7) is 0. The average Bonchev–Trinajstić information content (AvgIpc) is 2.15. The van der Waals surface area contributed by atoms with Crippen LogP contribution in [0.5, 0.6) is 0 Å². The standard InChI is InChI=1S/C10H13NO3S/c1-14-10(12)9-5-3-8(4-6-9)7-15(2,11)13/h3-6,11H,7H2,1-2H3. The molecule has 0 saturated heterocycles. The molecule has 0 aliphatic rings. The number of hydrogen-bond donors (Lipinski definition) is 1. The molecular formula is C10H13NO3S. The van der Waals surface area contributed by atoms with E-state index in [2.05, 4.69) is 4.74 Å². The highest BCUT2D eigenvalue weighted by Crippen LogP contribution is 2.08. The number of methoxy groups -OCH3 is 1. The van der Waals surface area contributed by atoms with E-state index in [0.29, 0.717) is 5.56 Å². The van der Waals surface area contributed by atoms with Crippen LogP contribution < -0.4 is 0 Å². The first-order chi connectivity index (χ1) is 6.92. The summed E-state index contributed by atoms with van der Waals surface area (Å²) in [4.78, 5) is 11.1. The summed E-state index contributed by atoms with van der Waals surface area (Å²) < 4.78 is 23.0. The molecule has 0 bridgehead atoms. The van der Waals surface area contributed by atoms with Crippen molar-refractivity contribution in [1.82, 2.24) is 0 Å². The number of nitrogens with one attached hydrogen (secondary N) is 1. The molecule has 0 aliphatic heterocycles. The van der Waals surface area contributed by atoms with Crippen LogP contribution >= 0.6 is 0 Å². The van der Waals surface area contributed by atoms with Gasteiger partial charge in [0.05, 0.1) is 18.4 Å². The minimum atomic E-state index is -2.53. The van der Waals surface area contributed by atoms with Gasteiger partial charge in [0, 0.05) is 16.0 Å². The Kier molecular flexibility index (Phi) is 3.47. The number of benzene rings is 1. The van der Waals surface area contributed by atoms with Crippen LogP contribution in [0, 0.1) is 4.78 Å². The van der Waals surface area contributed by atoms with Crippen LogP contribution in [0.3, 0.4) is 0 Å². The second-order valence-corrected chi connectivity index (χ2v) is 5.64. The largest absolute Gasteiger partial charge is 0.465 e. The smallest absolute Gasteiger partial charge is 0.337 e. The molecule has 15 heavy (non-hydrogen) atoms. The highest BCUT2D eigenvalue weighted by atomic mass is 32.2. The Morgan fingerprint density at radius 1 is 1.40 bits per heavy atom. The van der Waals surface area contributed by atoms with Gasteiger partial charge in [-0.25, -0.2) is 9.00 Å². The first-order valence-electron chi connectivity index (χ1n) is 4.31. The normalized spacial score (nSPS) is 14.3. The Morgan fingerprint density at radius 3 is 2.33 bits per heavy atom. The molecule has 0 radical (unpaired) electrons. The molecule has 0 heterocycles. The third kappa shape index (κ3) is 3.71. The summed E-state index contributed by atoms with van der Waals surface area (Å²) in [6.07, 6.45) is 1.39. The number of ether oxygens (including phenoxy) is 1. The zero-order chi connectivity index (χ0) is 11.5. The van der Waals surface area contributed by atoms with Crippen LogP contribution in [0.1, 0.15) is 15.9 Å². The molecule has 0 amide bonds. The van der Waals surface area contributed by atoms with Gasteiger partial charge in [0.1, 0.15) is 0 Å². The Labute approximate surface area is 89.2 Å². The van der Waals surface area contributed by atoms with E-state index in [1.165, 1.54) is 13.4 Å². The van der Waals surface area contributed by atoms with Crippen molar-refractivity contribution in [3.63, 3.8) is 0 Å². The Balaban J connectivity index is 2.86. The van der Waals surface area contributed by atoms with Gasteiger partial charge in [-0.15, -0.1) is 0 Å². The molecule has 5 heteroatoms. The number of hydrogen-bond acceptors (Lipinski definition) is 4. The fourth-order valence-electron chi connectivity index (χ4n) is 1.17. The Hall–Kier alpha value is -1.36. The maximum Gasteiger partial charge on any atom is 0.337 e. The second kappa shape index (κ2) is 4.44. The lowest BCUT2D eigenvalue weighted by Crippen LogP contribution is -2.02. The molecule has 4 nitrogen and oxygen atoms in total. The summed E-state index contributed by atoms with van der Waals surface area (Å²) in [5.41, 5.74) is 1.24. The summed E-state index contributed by atoms with van der Waals surface area (Å²) in [7, 11) is -1.21. The molecule has 1 N–H and O–H groups in total. The molecule has 1 atom stereocenters. The number of carbonyl (C=O) groups is 1. The van der Waals surface area contributed by atoms with Crippen LogP contribution in [0.15, 0.2) is 24.3 Å². The topological polar surface area (TPSA) is 67.2 Å². The minimum absolute atomic E-state index is 0.203. The molecule has 1 aromatic rings. The SMILES string of the molecule is COC(=O)c1ccc(CS(C)(=N)=O)cc1. The molecular weight excluding hydrogens is 214 g/mol. The van der Waals surface area contributed by atoms with Gasteiger partial charge in [0.25, 0.3) is 0 Å². The van der Waals surface area contributed by atoms with Crippen LogP contribution in [0.4, 0.5) is 0 Å². The van der Waals surface area contributed by atoms with Crippen molar-refractivity contribution in [3.8, 4) is 0 Å². The van der Waals surface area contributed by atoms with Crippen molar-refractivity contribution in [1.29, 1.82) is 4.78 Å². The Morgan fingerprint density at radius 2 is 1.93 bits per heavy atom. The van der Waals surface area contributed by atoms with Crippen molar-refractivity contribution in [2.45, 2.75) is 5.75 Å². The minimum Gasteiger partial charge on any atom is -0.465 e. The monoisotopic (exact) mass is 227 g/mol. The molecule has 0 aromatic heterocycles. The molecule has 0 aliphatic carbocycles. The van der Waals surface area contributed by atoms with Crippen LogP contribution in [-0.4, -0.2) is 23.5 Å². The lowest BCUT2D eigenvalue weighted by Gasteiger charge is -2.03. The van der Waals surface area contributed by atoms with E-state index in [0.717, 1.165) is 5.56 Å². The van der Waals surface area contributed by atoms with Gasteiger partial charge < -0.3 is 4.74 Å². The van der Waals surface area contributed by atoms with Crippen molar-refractivity contribution in [3.05, 3.63) is 35.4 Å². The van der Waals surface area contributed by atoms with Crippen molar-refractivity contribution in [2.24, 2.45) is 0 Å². The molecule has 1 aromatic carbocycles. The molecule has 1 unspecified atom stereocenters. The van der Waals surface area contributed by atoms with Crippen molar-refractivity contribution < 1.29 is 13.7 Å². The number of esters is 1. The summed E-state index contributed by atoms with van der Waals surface area (Å²) in [5, 5.41) is 0. The number of carbonyl (C=O) groups excluding carboxylic acids is 1. The fraction of sp³-hybridized carbons (Fsp3) is 0.300. The summed E-state index contributed by atoms with van der Waals surface area (Å²) in [5.74, 6) is -0.196. The van der Waals surface area contributed by atoms with Gasteiger partial charge in [-0.1, -0.05) is 12.1 Å². The van der Waals surface area contributed by atoms with E-state index in [4.69, 9.17) is 4.78 Å². The van der Waals surface area contributed by atoms with E-state index < -0.39 is 15.7 Å². The van der Waals surface area contributed by atoms with Gasteiger partial charge in [-0.05, 0) is 17.7 Å². The average molecular weight is 227 g/mol. The van der Waals surface area contributed by atoms with E-state index in [1.54, 1.807) is 24.3 Å². The molecule has 82 valence electrons. The van der Waals surface area contributed by atoms with E-state index in [1.807, 2.05) is 0 Å². The maximum absolute atomic E-state index is 11.2. The zero-order valence-corrected chi connectivity index (χ0v) is 9.47. The van der Waals surface area contributed by atoms with Gasteiger partial charge in [-0.2, -0.15) is 0 Å². The van der Waals surface area contributed by atoms with Crippen molar-refractivity contribution >= 4 is 15.7 Å². The van der Waals surface area contributed by atoms with Gasteiger partial charge in [0.15, 0.2) is 0 Å². The molecule has 0 saturated carbocycles.